The third kappa shape index (κ3) is 7.86. The Morgan fingerprint density at radius 1 is 0.830 bits per heavy atom. The maximum Gasteiger partial charge on any atom is 0.416 e. The quantitative estimate of drug-likeness (QED) is 0.221. The molecule has 4 aliphatic rings. The van der Waals surface area contributed by atoms with Crippen LogP contribution < -0.4 is 16.0 Å². The van der Waals surface area contributed by atoms with Crippen molar-refractivity contribution in [3.63, 3.8) is 0 Å². The number of halogens is 3. The Hall–Kier alpha value is -2.54. The summed E-state index contributed by atoms with van der Waals surface area (Å²) in [5, 5.41) is 31.5. The summed E-state index contributed by atoms with van der Waals surface area (Å²) in [4.78, 5) is 18.0. The van der Waals surface area contributed by atoms with Gasteiger partial charge in [0.15, 0.2) is 0 Å². The summed E-state index contributed by atoms with van der Waals surface area (Å²) in [6, 6.07) is 14.9. The second-order valence-electron chi connectivity index (χ2n) is 14.4. The highest BCUT2D eigenvalue weighted by molar-refractivity contribution is 5.84. The van der Waals surface area contributed by atoms with E-state index in [1.807, 2.05) is 24.3 Å². The molecule has 0 aromatic heterocycles. The van der Waals surface area contributed by atoms with Gasteiger partial charge in [-0.1, -0.05) is 36.4 Å². The number of hydrogen-bond acceptors (Lipinski definition) is 7. The SMILES string of the molecule is CN1C2CCC1CC(NC(=O)C(CO)c1ccc(CNCC(c3ccc(C(F)(F)F)cc3)C(O)NC3CC4CCC(C3)N4C)cc1)C2. The highest BCUT2D eigenvalue weighted by Gasteiger charge is 2.41. The number of alkyl halides is 3. The Morgan fingerprint density at radius 3 is 1.85 bits per heavy atom. The third-order valence-electron chi connectivity index (χ3n) is 11.6. The molecule has 4 bridgehead atoms. The number of carbonyl (C=O) groups is 1. The maximum absolute atomic E-state index is 13.3. The summed E-state index contributed by atoms with van der Waals surface area (Å²) in [5.74, 6) is -1.26. The van der Waals surface area contributed by atoms with Crippen LogP contribution in [-0.2, 0) is 17.5 Å². The molecule has 4 aliphatic heterocycles. The van der Waals surface area contributed by atoms with E-state index < -0.39 is 29.8 Å². The van der Waals surface area contributed by atoms with Crippen molar-refractivity contribution >= 4 is 5.91 Å². The monoisotopic (exact) mass is 657 g/mol. The van der Waals surface area contributed by atoms with Crippen LogP contribution in [0.4, 0.5) is 13.2 Å². The lowest BCUT2D eigenvalue weighted by atomic mass is 9.93. The Kier molecular flexibility index (Phi) is 10.6. The Bertz CT molecular complexity index is 1310. The standard InChI is InChI=1S/C36H50F3N5O3/c1-43-28-11-12-29(43)16-26(15-28)41-34(46)32(23-7-9-25(10-8-23)36(37,38)39)20-40-19-22-3-5-24(6-4-22)33(21-45)35(47)42-27-17-30-13-14-31(18-27)44(30)2/h3-10,26-34,40-41,45-46H,11-21H2,1-2H3,(H,42,47). The van der Waals surface area contributed by atoms with Gasteiger partial charge in [-0.3, -0.25) is 10.1 Å². The predicted molar refractivity (Wildman–Crippen MR) is 175 cm³/mol. The first-order valence-corrected chi connectivity index (χ1v) is 17.3. The first-order valence-electron chi connectivity index (χ1n) is 17.3. The Labute approximate surface area is 276 Å². The minimum absolute atomic E-state index is 0.130. The summed E-state index contributed by atoms with van der Waals surface area (Å²) >= 11 is 0. The van der Waals surface area contributed by atoms with Gasteiger partial charge >= 0.3 is 6.18 Å². The molecular formula is C36H50F3N5O3. The van der Waals surface area contributed by atoms with E-state index >= 15 is 0 Å². The van der Waals surface area contributed by atoms with Crippen LogP contribution in [0.15, 0.2) is 48.5 Å². The van der Waals surface area contributed by atoms with E-state index in [0.29, 0.717) is 42.8 Å². The van der Waals surface area contributed by atoms with E-state index in [4.69, 9.17) is 0 Å². The molecule has 8 nitrogen and oxygen atoms in total. The van der Waals surface area contributed by atoms with Crippen LogP contribution in [0, 0.1) is 0 Å². The Balaban J connectivity index is 1.06. The van der Waals surface area contributed by atoms with E-state index in [9.17, 15) is 28.2 Å². The molecule has 0 radical (unpaired) electrons. The zero-order valence-corrected chi connectivity index (χ0v) is 27.4. The second-order valence-corrected chi connectivity index (χ2v) is 14.4. The van der Waals surface area contributed by atoms with Gasteiger partial charge in [-0.25, -0.2) is 0 Å². The average Bonchev–Trinajstić information content (AvgIpc) is 3.36. The number of fused-ring (bicyclic) bond motifs is 4. The molecular weight excluding hydrogens is 607 g/mol. The number of carbonyl (C=O) groups excluding carboxylic acids is 1. The predicted octanol–water partition coefficient (Wildman–Crippen LogP) is 3.93. The van der Waals surface area contributed by atoms with Crippen molar-refractivity contribution in [2.24, 2.45) is 0 Å². The summed E-state index contributed by atoms with van der Waals surface area (Å²) in [6.45, 7) is 0.541. The summed E-state index contributed by atoms with van der Waals surface area (Å²) in [5.41, 5.74) is 1.62. The molecule has 0 aliphatic carbocycles. The van der Waals surface area contributed by atoms with Crippen LogP contribution >= 0.6 is 0 Å². The highest BCUT2D eigenvalue weighted by Crippen LogP contribution is 2.36. The van der Waals surface area contributed by atoms with E-state index in [0.717, 1.165) is 61.8 Å². The number of aliphatic hydroxyl groups excluding tert-OH is 2. The number of amides is 1. The van der Waals surface area contributed by atoms with E-state index in [1.165, 1.54) is 25.0 Å². The lowest BCUT2D eigenvalue weighted by Gasteiger charge is -2.38. The van der Waals surface area contributed by atoms with Crippen molar-refractivity contribution in [3.8, 4) is 0 Å². The van der Waals surface area contributed by atoms with Crippen molar-refractivity contribution in [2.75, 3.05) is 27.2 Å². The molecule has 5 N–H and O–H groups in total. The number of benzene rings is 2. The van der Waals surface area contributed by atoms with Gasteiger partial charge in [-0.15, -0.1) is 0 Å². The van der Waals surface area contributed by atoms with Gasteiger partial charge in [0.1, 0.15) is 6.23 Å². The van der Waals surface area contributed by atoms with Crippen LogP contribution in [0.2, 0.25) is 0 Å². The molecule has 47 heavy (non-hydrogen) atoms. The van der Waals surface area contributed by atoms with E-state index in [-0.39, 0.29) is 24.6 Å². The lowest BCUT2D eigenvalue weighted by Crippen LogP contribution is -2.52. The lowest BCUT2D eigenvalue weighted by molar-refractivity contribution is -0.137. The van der Waals surface area contributed by atoms with Crippen molar-refractivity contribution in [3.05, 3.63) is 70.8 Å². The minimum atomic E-state index is -4.43. The van der Waals surface area contributed by atoms with Gasteiger partial charge < -0.3 is 30.6 Å². The molecule has 1 amide bonds. The molecule has 258 valence electrons. The number of aliphatic hydroxyl groups is 2. The summed E-state index contributed by atoms with van der Waals surface area (Å²) in [7, 11) is 4.33. The van der Waals surface area contributed by atoms with Gasteiger partial charge in [0.25, 0.3) is 0 Å². The molecule has 2 aromatic carbocycles. The van der Waals surface area contributed by atoms with Crippen LogP contribution in [0.1, 0.15) is 85.5 Å². The fraction of sp³-hybridized carbons (Fsp3) is 0.639. The van der Waals surface area contributed by atoms with E-state index in [2.05, 4.69) is 39.8 Å². The molecule has 0 saturated carbocycles. The molecule has 4 fully saturated rings. The number of nitrogens with zero attached hydrogens (tertiary/aromatic N) is 2. The minimum Gasteiger partial charge on any atom is -0.395 e. The van der Waals surface area contributed by atoms with Gasteiger partial charge in [-0.2, -0.15) is 13.2 Å². The molecule has 4 saturated heterocycles. The Morgan fingerprint density at radius 2 is 1.34 bits per heavy atom. The van der Waals surface area contributed by atoms with Gasteiger partial charge in [0.2, 0.25) is 5.91 Å². The van der Waals surface area contributed by atoms with Crippen LogP contribution in [-0.4, -0.2) is 95.6 Å². The average molecular weight is 658 g/mol. The zero-order chi connectivity index (χ0) is 33.3. The normalized spacial score (nSPS) is 29.9. The van der Waals surface area contributed by atoms with Gasteiger partial charge in [-0.05, 0) is 94.3 Å². The number of rotatable bonds is 12. The molecule has 4 heterocycles. The largest absolute Gasteiger partial charge is 0.416 e. The van der Waals surface area contributed by atoms with E-state index in [1.54, 1.807) is 0 Å². The molecule has 2 aromatic rings. The fourth-order valence-corrected chi connectivity index (χ4v) is 8.65. The molecule has 6 rings (SSSR count). The summed E-state index contributed by atoms with van der Waals surface area (Å²) < 4.78 is 39.8. The van der Waals surface area contributed by atoms with Crippen LogP contribution in [0.3, 0.4) is 0 Å². The van der Waals surface area contributed by atoms with Crippen molar-refractivity contribution in [1.82, 2.24) is 25.8 Å². The fourth-order valence-electron chi connectivity index (χ4n) is 8.65. The molecule has 0 spiro atoms. The molecule has 7 atom stereocenters. The molecule has 7 unspecified atom stereocenters. The van der Waals surface area contributed by atoms with Crippen LogP contribution in [0.25, 0.3) is 0 Å². The van der Waals surface area contributed by atoms with Gasteiger partial charge in [0, 0.05) is 55.3 Å². The first-order chi connectivity index (χ1) is 22.5. The number of hydrogen-bond donors (Lipinski definition) is 5. The number of piperidine rings is 2. The maximum atomic E-state index is 13.3. The zero-order valence-electron chi connectivity index (χ0n) is 27.4. The first kappa shape index (κ1) is 34.3. The van der Waals surface area contributed by atoms with Crippen LogP contribution in [0.5, 0.6) is 0 Å². The van der Waals surface area contributed by atoms with Crippen molar-refractivity contribution < 1.29 is 28.2 Å². The third-order valence-corrected chi connectivity index (χ3v) is 11.6. The molecule has 11 heteroatoms. The highest BCUT2D eigenvalue weighted by atomic mass is 19.4. The topological polar surface area (TPSA) is 100 Å². The second kappa shape index (κ2) is 14.5. The van der Waals surface area contributed by atoms with Gasteiger partial charge in [0.05, 0.1) is 18.1 Å². The van der Waals surface area contributed by atoms with Crippen molar-refractivity contribution in [2.45, 2.75) is 118 Å². The number of nitrogens with one attached hydrogen (secondary N) is 3. The van der Waals surface area contributed by atoms with Crippen molar-refractivity contribution in [1.29, 1.82) is 0 Å². The summed E-state index contributed by atoms with van der Waals surface area (Å²) in [6.07, 6.45) is 3.06. The smallest absolute Gasteiger partial charge is 0.395 e.